The number of carbonyl (C=O) groups excluding carboxylic acids is 4. The first-order valence-electron chi connectivity index (χ1n) is 15.0. The van der Waals surface area contributed by atoms with Crippen LogP contribution < -0.4 is 10.1 Å². The lowest BCUT2D eigenvalue weighted by Gasteiger charge is -2.39. The molecule has 252 valence electrons. The standard InChI is InChI=1S/C31H46N2O12/c1-17-23(34)25(36)24(35)22(42-17)16-41-27(38)21-9-8-14-33(21)26(37)20(32-28(39)44-30(2,3)4)15-18-10-12-19(13-11-18)43-29(40)45-31(5,6)7/h10-13,17,20-25,34-36H,8-9,14-16H2,1-7H3,(H,32,39)/t17?,20-,21-,22+,23-,24+,25+/m0/s1. The number of hydrogen-bond donors (Lipinski definition) is 4. The van der Waals surface area contributed by atoms with Gasteiger partial charge in [0.25, 0.3) is 0 Å². The minimum absolute atomic E-state index is 0.0310. The quantitative estimate of drug-likeness (QED) is 0.184. The van der Waals surface area contributed by atoms with Gasteiger partial charge >= 0.3 is 18.2 Å². The van der Waals surface area contributed by atoms with Crippen molar-refractivity contribution < 1.29 is 58.2 Å². The second-order valence-corrected chi connectivity index (χ2v) is 13.3. The van der Waals surface area contributed by atoms with E-state index in [2.05, 4.69) is 5.32 Å². The summed E-state index contributed by atoms with van der Waals surface area (Å²) in [6.07, 6.45) is -6.95. The largest absolute Gasteiger partial charge is 0.514 e. The molecule has 3 rings (SSSR count). The minimum atomic E-state index is -1.48. The Morgan fingerprint density at radius 2 is 1.58 bits per heavy atom. The lowest BCUT2D eigenvalue weighted by Crippen LogP contribution is -2.58. The molecule has 14 heteroatoms. The fraction of sp³-hybridized carbons (Fsp3) is 0.677. The molecular formula is C31H46N2O12. The number of aliphatic hydroxyl groups excluding tert-OH is 3. The van der Waals surface area contributed by atoms with Crippen LogP contribution in [0.3, 0.4) is 0 Å². The zero-order valence-corrected chi connectivity index (χ0v) is 26.8. The van der Waals surface area contributed by atoms with Crippen LogP contribution in [0.15, 0.2) is 24.3 Å². The van der Waals surface area contributed by atoms with Crippen LogP contribution in [0.5, 0.6) is 5.75 Å². The first kappa shape index (κ1) is 36.0. The van der Waals surface area contributed by atoms with Crippen LogP contribution in [0.4, 0.5) is 9.59 Å². The highest BCUT2D eigenvalue weighted by Gasteiger charge is 2.44. The Morgan fingerprint density at radius 3 is 2.18 bits per heavy atom. The molecule has 0 aliphatic carbocycles. The maximum Gasteiger partial charge on any atom is 0.514 e. The lowest BCUT2D eigenvalue weighted by molar-refractivity contribution is -0.228. The van der Waals surface area contributed by atoms with Gasteiger partial charge in [-0.2, -0.15) is 0 Å². The second kappa shape index (κ2) is 14.8. The number of benzene rings is 1. The molecule has 4 N–H and O–H groups in total. The summed E-state index contributed by atoms with van der Waals surface area (Å²) >= 11 is 0. The Labute approximate surface area is 262 Å². The summed E-state index contributed by atoms with van der Waals surface area (Å²) in [6.45, 7) is 11.6. The van der Waals surface area contributed by atoms with Crippen molar-refractivity contribution in [3.63, 3.8) is 0 Å². The van der Waals surface area contributed by atoms with Gasteiger partial charge in [-0.25, -0.2) is 14.4 Å². The molecule has 0 aromatic heterocycles. The van der Waals surface area contributed by atoms with E-state index in [0.29, 0.717) is 18.4 Å². The van der Waals surface area contributed by atoms with Crippen LogP contribution in [0.25, 0.3) is 0 Å². The number of aliphatic hydroxyl groups is 3. The first-order valence-corrected chi connectivity index (χ1v) is 15.0. The molecule has 45 heavy (non-hydrogen) atoms. The van der Waals surface area contributed by atoms with E-state index in [4.69, 9.17) is 23.7 Å². The summed E-state index contributed by atoms with van der Waals surface area (Å²) in [7, 11) is 0. The summed E-state index contributed by atoms with van der Waals surface area (Å²) in [5.74, 6) is -1.04. The van der Waals surface area contributed by atoms with Gasteiger partial charge in [0.15, 0.2) is 0 Å². The molecule has 0 saturated carbocycles. The molecule has 2 amide bonds. The summed E-state index contributed by atoms with van der Waals surface area (Å²) in [5, 5.41) is 32.8. The maximum absolute atomic E-state index is 13.8. The molecule has 1 unspecified atom stereocenters. The number of carbonyl (C=O) groups is 4. The third kappa shape index (κ3) is 10.6. The van der Waals surface area contributed by atoms with E-state index in [1.165, 1.54) is 24.0 Å². The monoisotopic (exact) mass is 638 g/mol. The van der Waals surface area contributed by atoms with Crippen molar-refractivity contribution in [2.75, 3.05) is 13.2 Å². The van der Waals surface area contributed by atoms with E-state index < -0.39 is 84.5 Å². The van der Waals surface area contributed by atoms with Crippen LogP contribution in [0, 0.1) is 0 Å². The van der Waals surface area contributed by atoms with Gasteiger partial charge in [-0.05, 0) is 79.0 Å². The Kier molecular flexibility index (Phi) is 11.8. The van der Waals surface area contributed by atoms with Crippen molar-refractivity contribution in [1.82, 2.24) is 10.2 Å². The number of likely N-dealkylation sites (tertiary alicyclic amines) is 1. The van der Waals surface area contributed by atoms with Crippen molar-refractivity contribution in [2.45, 2.75) is 122 Å². The third-order valence-electron chi connectivity index (χ3n) is 7.09. The zero-order chi connectivity index (χ0) is 33.7. The SMILES string of the molecule is CC1O[C@H](COC(=O)[C@@H]2CCCN2C(=O)[C@H](Cc2ccc(OC(=O)OC(C)(C)C)cc2)NC(=O)OC(C)(C)C)[C@@H](O)[C@H](O)[C@H]1O. The number of alkyl carbamates (subject to hydrolysis) is 1. The molecule has 2 aliphatic rings. The van der Waals surface area contributed by atoms with Crippen LogP contribution in [0.1, 0.15) is 66.9 Å². The van der Waals surface area contributed by atoms with Gasteiger partial charge in [0.1, 0.15) is 60.1 Å². The van der Waals surface area contributed by atoms with E-state index in [-0.39, 0.29) is 18.7 Å². The first-order chi connectivity index (χ1) is 20.8. The number of hydrogen-bond acceptors (Lipinski definition) is 12. The van der Waals surface area contributed by atoms with Gasteiger partial charge in [-0.1, -0.05) is 12.1 Å². The molecule has 0 spiro atoms. The van der Waals surface area contributed by atoms with E-state index >= 15 is 0 Å². The Bertz CT molecular complexity index is 1190. The minimum Gasteiger partial charge on any atom is -0.461 e. The Hall–Kier alpha value is -3.46. The smallest absolute Gasteiger partial charge is 0.461 e. The lowest BCUT2D eigenvalue weighted by atomic mass is 9.96. The molecule has 7 atom stereocenters. The van der Waals surface area contributed by atoms with Crippen molar-refractivity contribution in [1.29, 1.82) is 0 Å². The number of ether oxygens (including phenoxy) is 5. The van der Waals surface area contributed by atoms with Crippen molar-refractivity contribution in [3.8, 4) is 5.75 Å². The molecule has 2 heterocycles. The third-order valence-corrected chi connectivity index (χ3v) is 7.09. The molecule has 1 aromatic rings. The topological polar surface area (TPSA) is 190 Å². The van der Waals surface area contributed by atoms with Crippen molar-refractivity contribution in [3.05, 3.63) is 29.8 Å². The normalized spacial score (nSPS) is 26.0. The van der Waals surface area contributed by atoms with Gasteiger partial charge in [0.2, 0.25) is 5.91 Å². The average Bonchev–Trinajstić information content (AvgIpc) is 3.41. The second-order valence-electron chi connectivity index (χ2n) is 13.3. The fourth-order valence-corrected chi connectivity index (χ4v) is 4.96. The summed E-state index contributed by atoms with van der Waals surface area (Å²) < 4.78 is 26.6. The Morgan fingerprint density at radius 1 is 0.956 bits per heavy atom. The van der Waals surface area contributed by atoms with E-state index in [0.717, 1.165) is 0 Å². The van der Waals surface area contributed by atoms with E-state index in [9.17, 15) is 34.5 Å². The van der Waals surface area contributed by atoms with Gasteiger partial charge in [-0.3, -0.25) is 4.79 Å². The number of nitrogens with zero attached hydrogens (tertiary/aromatic N) is 1. The van der Waals surface area contributed by atoms with Crippen LogP contribution in [-0.4, -0.2) is 111 Å². The fourth-order valence-electron chi connectivity index (χ4n) is 4.96. The predicted molar refractivity (Wildman–Crippen MR) is 158 cm³/mol. The summed E-state index contributed by atoms with van der Waals surface area (Å²) in [5.41, 5.74) is -0.934. The van der Waals surface area contributed by atoms with Gasteiger partial charge in [0.05, 0.1) is 6.10 Å². The Balaban J connectivity index is 1.71. The average molecular weight is 639 g/mol. The molecule has 2 fully saturated rings. The van der Waals surface area contributed by atoms with Crippen LogP contribution in [-0.2, 0) is 35.0 Å². The van der Waals surface area contributed by atoms with E-state index in [1.807, 2.05) is 0 Å². The highest BCUT2D eigenvalue weighted by molar-refractivity contribution is 5.90. The highest BCUT2D eigenvalue weighted by Crippen LogP contribution is 2.24. The molecule has 1 aromatic carbocycles. The maximum atomic E-state index is 13.8. The molecule has 14 nitrogen and oxygen atoms in total. The van der Waals surface area contributed by atoms with Crippen LogP contribution in [0.2, 0.25) is 0 Å². The van der Waals surface area contributed by atoms with Crippen molar-refractivity contribution in [2.24, 2.45) is 0 Å². The molecule has 2 saturated heterocycles. The molecule has 0 bridgehead atoms. The van der Waals surface area contributed by atoms with Crippen molar-refractivity contribution >= 4 is 24.1 Å². The summed E-state index contributed by atoms with van der Waals surface area (Å²) in [6, 6.07) is 4.25. The predicted octanol–water partition coefficient (Wildman–Crippen LogP) is 1.84. The van der Waals surface area contributed by atoms with Gasteiger partial charge in [0, 0.05) is 13.0 Å². The zero-order valence-electron chi connectivity index (χ0n) is 26.8. The molecular weight excluding hydrogens is 592 g/mol. The highest BCUT2D eigenvalue weighted by atomic mass is 16.7. The van der Waals surface area contributed by atoms with E-state index in [1.54, 1.807) is 53.7 Å². The number of amides is 2. The van der Waals surface area contributed by atoms with Crippen LogP contribution >= 0.6 is 0 Å². The van der Waals surface area contributed by atoms with Gasteiger partial charge in [-0.15, -0.1) is 0 Å². The molecule has 0 radical (unpaired) electrons. The number of rotatable bonds is 8. The van der Waals surface area contributed by atoms with Gasteiger partial charge < -0.3 is 49.2 Å². The summed E-state index contributed by atoms with van der Waals surface area (Å²) in [4.78, 5) is 53.0. The number of esters is 1. The number of nitrogens with one attached hydrogen (secondary N) is 1. The molecule has 2 aliphatic heterocycles.